The Hall–Kier alpha value is -2.64. The fraction of sp³-hybridized carbons (Fsp3) is 0.529. The summed E-state index contributed by atoms with van der Waals surface area (Å²) in [5.41, 5.74) is 0.217. The number of carbonyl (C=O) groups is 2. The van der Waals surface area contributed by atoms with Crippen molar-refractivity contribution in [2.45, 2.75) is 39.2 Å². The van der Waals surface area contributed by atoms with E-state index in [-0.39, 0.29) is 23.7 Å². The third kappa shape index (κ3) is 5.17. The fourth-order valence-corrected chi connectivity index (χ4v) is 2.76. The van der Waals surface area contributed by atoms with E-state index < -0.39 is 16.4 Å². The Kier molecular flexibility index (Phi) is 5.61. The number of nitro benzene ring substituents is 1. The lowest BCUT2D eigenvalue weighted by atomic mass is 10.1. The molecule has 1 aromatic carbocycles. The van der Waals surface area contributed by atoms with Gasteiger partial charge >= 0.3 is 0 Å². The third-order valence-electron chi connectivity index (χ3n) is 3.80. The topological polar surface area (TPSA) is 105 Å². The van der Waals surface area contributed by atoms with Gasteiger partial charge in [0.2, 0.25) is 5.91 Å². The molecule has 136 valence electrons. The Balaban J connectivity index is 2.08. The van der Waals surface area contributed by atoms with Crippen LogP contribution in [0.4, 0.5) is 11.4 Å². The number of nitro groups is 1. The molecule has 0 radical (unpaired) electrons. The Morgan fingerprint density at radius 2 is 1.88 bits per heavy atom. The molecule has 2 N–H and O–H groups in total. The molecule has 1 saturated heterocycles. The Morgan fingerprint density at radius 1 is 1.24 bits per heavy atom. The number of nitrogens with zero attached hydrogens (tertiary/aromatic N) is 2. The first-order valence-electron chi connectivity index (χ1n) is 8.30. The number of rotatable bonds is 5. The molecule has 8 heteroatoms. The zero-order valence-electron chi connectivity index (χ0n) is 14.8. The molecule has 1 heterocycles. The van der Waals surface area contributed by atoms with Crippen LogP contribution in [0.5, 0.6) is 0 Å². The first-order chi connectivity index (χ1) is 11.7. The molecule has 2 amide bonds. The lowest BCUT2D eigenvalue weighted by Crippen LogP contribution is -2.45. The second kappa shape index (κ2) is 7.50. The predicted octanol–water partition coefficient (Wildman–Crippen LogP) is 1.84. The highest BCUT2D eigenvalue weighted by molar-refractivity contribution is 5.97. The lowest BCUT2D eigenvalue weighted by molar-refractivity contribution is -0.384. The molecule has 1 aliphatic rings. The van der Waals surface area contributed by atoms with Gasteiger partial charge in [-0.15, -0.1) is 0 Å². The summed E-state index contributed by atoms with van der Waals surface area (Å²) >= 11 is 0. The molecular formula is C17H24N4O4. The van der Waals surface area contributed by atoms with Crippen molar-refractivity contribution in [3.63, 3.8) is 0 Å². The number of hydrogen-bond acceptors (Lipinski definition) is 5. The second-order valence-corrected chi connectivity index (χ2v) is 7.14. The Morgan fingerprint density at radius 3 is 2.44 bits per heavy atom. The summed E-state index contributed by atoms with van der Waals surface area (Å²) in [6.45, 7) is 6.89. The van der Waals surface area contributed by atoms with Gasteiger partial charge in [0, 0.05) is 30.3 Å². The molecule has 1 aromatic rings. The van der Waals surface area contributed by atoms with E-state index in [0.717, 1.165) is 25.9 Å². The van der Waals surface area contributed by atoms with Crippen molar-refractivity contribution in [2.24, 2.45) is 0 Å². The van der Waals surface area contributed by atoms with Crippen LogP contribution in [0.1, 0.15) is 44.0 Å². The number of amides is 2. The van der Waals surface area contributed by atoms with Gasteiger partial charge in [-0.05, 0) is 45.7 Å². The van der Waals surface area contributed by atoms with Crippen LogP contribution < -0.4 is 15.5 Å². The van der Waals surface area contributed by atoms with Crippen LogP contribution >= 0.6 is 0 Å². The van der Waals surface area contributed by atoms with Crippen LogP contribution in [-0.2, 0) is 4.79 Å². The highest BCUT2D eigenvalue weighted by Gasteiger charge is 2.24. The maximum atomic E-state index is 12.2. The summed E-state index contributed by atoms with van der Waals surface area (Å²) in [6, 6.07) is 4.43. The lowest BCUT2D eigenvalue weighted by Gasteiger charge is -2.20. The van der Waals surface area contributed by atoms with Crippen molar-refractivity contribution in [1.82, 2.24) is 10.6 Å². The highest BCUT2D eigenvalue weighted by Crippen LogP contribution is 2.31. The first-order valence-corrected chi connectivity index (χ1v) is 8.30. The van der Waals surface area contributed by atoms with Crippen LogP contribution in [-0.4, -0.2) is 41.9 Å². The van der Waals surface area contributed by atoms with Gasteiger partial charge in [-0.25, -0.2) is 0 Å². The van der Waals surface area contributed by atoms with Crippen molar-refractivity contribution in [3.05, 3.63) is 33.9 Å². The van der Waals surface area contributed by atoms with Crippen LogP contribution in [0.3, 0.4) is 0 Å². The monoisotopic (exact) mass is 348 g/mol. The number of anilines is 1. The number of nitrogens with one attached hydrogen (secondary N) is 2. The Bertz CT molecular complexity index is 676. The van der Waals surface area contributed by atoms with Crippen molar-refractivity contribution in [1.29, 1.82) is 0 Å². The van der Waals surface area contributed by atoms with Gasteiger partial charge in [0.15, 0.2) is 0 Å². The van der Waals surface area contributed by atoms with Gasteiger partial charge in [-0.1, -0.05) is 0 Å². The molecule has 0 aromatic heterocycles. The minimum atomic E-state index is -0.514. The van der Waals surface area contributed by atoms with Gasteiger partial charge < -0.3 is 15.5 Å². The number of benzene rings is 1. The summed E-state index contributed by atoms with van der Waals surface area (Å²) in [4.78, 5) is 36.8. The standard InChI is InChI=1S/C17H24N4O4/c1-17(2,3)19-15(22)11-18-16(23)12-6-7-13(14(10-12)21(24)25)20-8-4-5-9-20/h6-7,10H,4-5,8-9,11H2,1-3H3,(H,18,23)(H,19,22). The number of carbonyl (C=O) groups excluding carboxylic acids is 2. The van der Waals surface area contributed by atoms with Gasteiger partial charge in [0.05, 0.1) is 11.5 Å². The van der Waals surface area contributed by atoms with E-state index in [2.05, 4.69) is 10.6 Å². The van der Waals surface area contributed by atoms with E-state index in [1.165, 1.54) is 6.07 Å². The van der Waals surface area contributed by atoms with Crippen molar-refractivity contribution in [2.75, 3.05) is 24.5 Å². The summed E-state index contributed by atoms with van der Waals surface area (Å²) < 4.78 is 0. The second-order valence-electron chi connectivity index (χ2n) is 7.14. The molecule has 0 aliphatic carbocycles. The fourth-order valence-electron chi connectivity index (χ4n) is 2.76. The third-order valence-corrected chi connectivity index (χ3v) is 3.80. The van der Waals surface area contributed by atoms with E-state index in [1.807, 2.05) is 25.7 Å². The average Bonchev–Trinajstić information content (AvgIpc) is 3.04. The molecule has 0 spiro atoms. The van der Waals surface area contributed by atoms with Crippen molar-refractivity contribution < 1.29 is 14.5 Å². The largest absolute Gasteiger partial charge is 0.366 e. The molecule has 8 nitrogen and oxygen atoms in total. The molecule has 2 rings (SSSR count). The van der Waals surface area contributed by atoms with E-state index >= 15 is 0 Å². The SMILES string of the molecule is CC(C)(C)NC(=O)CNC(=O)c1ccc(N2CCCC2)c([N+](=O)[O-])c1. The van der Waals surface area contributed by atoms with Crippen LogP contribution in [0.15, 0.2) is 18.2 Å². The maximum Gasteiger partial charge on any atom is 0.293 e. The molecule has 0 unspecified atom stereocenters. The summed E-state index contributed by atoms with van der Waals surface area (Å²) in [5.74, 6) is -0.829. The Labute approximate surface area is 146 Å². The van der Waals surface area contributed by atoms with Crippen LogP contribution in [0.25, 0.3) is 0 Å². The maximum absolute atomic E-state index is 12.2. The molecule has 1 aliphatic heterocycles. The zero-order valence-corrected chi connectivity index (χ0v) is 14.8. The molecule has 0 saturated carbocycles. The smallest absolute Gasteiger partial charge is 0.293 e. The van der Waals surface area contributed by atoms with Gasteiger partial charge in [-0.3, -0.25) is 19.7 Å². The quantitative estimate of drug-likeness (QED) is 0.624. The van der Waals surface area contributed by atoms with Crippen LogP contribution in [0, 0.1) is 10.1 Å². The van der Waals surface area contributed by atoms with Crippen molar-refractivity contribution in [3.8, 4) is 0 Å². The van der Waals surface area contributed by atoms with E-state index in [1.54, 1.807) is 12.1 Å². The molecule has 0 bridgehead atoms. The van der Waals surface area contributed by atoms with Gasteiger partial charge in [-0.2, -0.15) is 0 Å². The molecular weight excluding hydrogens is 324 g/mol. The van der Waals surface area contributed by atoms with E-state index in [0.29, 0.717) is 5.69 Å². The van der Waals surface area contributed by atoms with E-state index in [9.17, 15) is 19.7 Å². The van der Waals surface area contributed by atoms with Crippen LogP contribution in [0.2, 0.25) is 0 Å². The molecule has 25 heavy (non-hydrogen) atoms. The minimum absolute atomic E-state index is 0.0892. The number of hydrogen-bond donors (Lipinski definition) is 2. The van der Waals surface area contributed by atoms with E-state index in [4.69, 9.17) is 0 Å². The predicted molar refractivity (Wildman–Crippen MR) is 94.8 cm³/mol. The molecule has 1 fully saturated rings. The first kappa shape index (κ1) is 18.7. The van der Waals surface area contributed by atoms with Crippen molar-refractivity contribution >= 4 is 23.2 Å². The van der Waals surface area contributed by atoms with Gasteiger partial charge in [0.25, 0.3) is 11.6 Å². The van der Waals surface area contributed by atoms with Gasteiger partial charge in [0.1, 0.15) is 5.69 Å². The summed E-state index contributed by atoms with van der Waals surface area (Å²) in [6.07, 6.45) is 2.00. The normalized spacial score (nSPS) is 14.3. The zero-order chi connectivity index (χ0) is 18.6. The average molecular weight is 348 g/mol. The highest BCUT2D eigenvalue weighted by atomic mass is 16.6. The summed E-state index contributed by atoms with van der Waals surface area (Å²) in [7, 11) is 0. The minimum Gasteiger partial charge on any atom is -0.366 e. The molecule has 0 atom stereocenters. The summed E-state index contributed by atoms with van der Waals surface area (Å²) in [5, 5.41) is 16.6.